The maximum absolute atomic E-state index is 13.1. The molecule has 1 rings (SSSR count). The molecule has 4 nitrogen and oxygen atoms in total. The second-order valence-corrected chi connectivity index (χ2v) is 3.90. The van der Waals surface area contributed by atoms with E-state index in [1.165, 1.54) is 12.1 Å². The number of nitrogens with two attached hydrogens (primary N) is 1. The minimum absolute atomic E-state index is 0.214. The molecule has 0 aliphatic rings. The fourth-order valence-electron chi connectivity index (χ4n) is 1.29. The van der Waals surface area contributed by atoms with Gasteiger partial charge in [-0.1, -0.05) is 11.6 Å². The number of hydrogen-bond acceptors (Lipinski definition) is 4. The zero-order valence-corrected chi connectivity index (χ0v) is 10.4. The smallest absolute Gasteiger partial charge is 0.330 e. The number of nitrogens with zero attached hydrogens (tertiary/aromatic N) is 1. The molecular weight excluding hydrogens is 247 g/mol. The highest BCUT2D eigenvalue weighted by Crippen LogP contribution is 2.21. The molecule has 1 aromatic carbocycles. The van der Waals surface area contributed by atoms with Gasteiger partial charge in [0.1, 0.15) is 11.9 Å². The normalized spacial score (nSPS) is 12.1. The summed E-state index contributed by atoms with van der Waals surface area (Å²) in [5.41, 5.74) is 0.315. The first-order chi connectivity index (χ1) is 7.95. The lowest BCUT2D eigenvalue weighted by molar-refractivity contribution is -0.144. The topological polar surface area (TPSA) is 55.6 Å². The maximum Gasteiger partial charge on any atom is 0.330 e. The molecule has 6 heteroatoms. The van der Waals surface area contributed by atoms with Gasteiger partial charge in [-0.05, 0) is 32.0 Å². The first-order valence-corrected chi connectivity index (χ1v) is 5.50. The average Bonchev–Trinajstić information content (AvgIpc) is 2.26. The molecule has 94 valence electrons. The van der Waals surface area contributed by atoms with E-state index >= 15 is 0 Å². The zero-order chi connectivity index (χ0) is 13.0. The fourth-order valence-corrected chi connectivity index (χ4v) is 1.50. The second kappa shape index (κ2) is 5.84. The Hall–Kier alpha value is -1.33. The molecule has 1 unspecified atom stereocenters. The van der Waals surface area contributed by atoms with Crippen LogP contribution in [-0.2, 0) is 9.53 Å². The molecular formula is C11H14ClFN2O2. The molecule has 0 aromatic heterocycles. The lowest BCUT2D eigenvalue weighted by atomic mass is 10.2. The van der Waals surface area contributed by atoms with Crippen molar-refractivity contribution in [2.24, 2.45) is 5.84 Å². The Labute approximate surface area is 104 Å². The standard InChI is InChI=1S/C11H14ClFN2O2/c1-3-17-11(16)7(2)15(14)10-5-8(12)4-9(13)6-10/h4-7H,3,14H2,1-2H3. The van der Waals surface area contributed by atoms with Gasteiger partial charge in [0.25, 0.3) is 0 Å². The Morgan fingerprint density at radius 2 is 2.24 bits per heavy atom. The van der Waals surface area contributed by atoms with Crippen LogP contribution in [0.25, 0.3) is 0 Å². The summed E-state index contributed by atoms with van der Waals surface area (Å²) in [6.45, 7) is 3.53. The van der Waals surface area contributed by atoms with Crippen molar-refractivity contribution in [3.05, 3.63) is 29.0 Å². The molecule has 0 amide bonds. The highest BCUT2D eigenvalue weighted by atomic mass is 35.5. The predicted octanol–water partition coefficient (Wildman–Crippen LogP) is 2.11. The molecule has 0 aliphatic carbocycles. The molecule has 0 radical (unpaired) electrons. The molecule has 1 aromatic rings. The summed E-state index contributed by atoms with van der Waals surface area (Å²) in [6, 6.07) is 3.11. The highest BCUT2D eigenvalue weighted by Gasteiger charge is 2.21. The number of benzene rings is 1. The molecule has 0 aliphatic heterocycles. The van der Waals surface area contributed by atoms with Crippen molar-refractivity contribution in [1.82, 2.24) is 0 Å². The number of rotatable bonds is 4. The fraction of sp³-hybridized carbons (Fsp3) is 0.364. The van der Waals surface area contributed by atoms with E-state index in [9.17, 15) is 9.18 Å². The van der Waals surface area contributed by atoms with E-state index in [-0.39, 0.29) is 11.6 Å². The monoisotopic (exact) mass is 260 g/mol. The number of halogens is 2. The van der Waals surface area contributed by atoms with Crippen molar-refractivity contribution >= 4 is 23.3 Å². The number of anilines is 1. The summed E-state index contributed by atoms with van der Waals surface area (Å²) >= 11 is 5.70. The van der Waals surface area contributed by atoms with Crippen molar-refractivity contribution in [2.45, 2.75) is 19.9 Å². The summed E-state index contributed by atoms with van der Waals surface area (Å²) in [5, 5.41) is 1.33. The lowest BCUT2D eigenvalue weighted by Gasteiger charge is -2.24. The van der Waals surface area contributed by atoms with Gasteiger partial charge in [0.2, 0.25) is 0 Å². The largest absolute Gasteiger partial charge is 0.464 e. The molecule has 0 saturated heterocycles. The average molecular weight is 261 g/mol. The number of hydrazine groups is 1. The van der Waals surface area contributed by atoms with Crippen LogP contribution in [0.3, 0.4) is 0 Å². The van der Waals surface area contributed by atoms with Crippen LogP contribution in [0.5, 0.6) is 0 Å². The molecule has 2 N–H and O–H groups in total. The summed E-state index contributed by atoms with van der Waals surface area (Å²) in [5.74, 6) is 4.72. The van der Waals surface area contributed by atoms with Gasteiger partial charge in [0, 0.05) is 5.02 Å². The zero-order valence-electron chi connectivity index (χ0n) is 9.61. The van der Waals surface area contributed by atoms with Crippen molar-refractivity contribution in [2.75, 3.05) is 11.6 Å². The number of ether oxygens (including phenoxy) is 1. The molecule has 0 bridgehead atoms. The van der Waals surface area contributed by atoms with E-state index in [1.54, 1.807) is 13.8 Å². The molecule has 0 spiro atoms. The third-order valence-corrected chi connectivity index (χ3v) is 2.41. The van der Waals surface area contributed by atoms with Crippen LogP contribution < -0.4 is 10.9 Å². The minimum Gasteiger partial charge on any atom is -0.464 e. The van der Waals surface area contributed by atoms with E-state index in [1.807, 2.05) is 0 Å². The van der Waals surface area contributed by atoms with E-state index < -0.39 is 17.8 Å². The van der Waals surface area contributed by atoms with Gasteiger partial charge in [-0.3, -0.25) is 5.01 Å². The summed E-state index contributed by atoms with van der Waals surface area (Å²) < 4.78 is 17.9. The first kappa shape index (κ1) is 13.7. The van der Waals surface area contributed by atoms with E-state index in [4.69, 9.17) is 22.2 Å². The predicted molar refractivity (Wildman–Crippen MR) is 64.2 cm³/mol. The van der Waals surface area contributed by atoms with Crippen molar-refractivity contribution in [1.29, 1.82) is 0 Å². The Morgan fingerprint density at radius 1 is 1.59 bits per heavy atom. The third kappa shape index (κ3) is 3.57. The quantitative estimate of drug-likeness (QED) is 0.512. The lowest BCUT2D eigenvalue weighted by Crippen LogP contribution is -2.45. The molecule has 1 atom stereocenters. The number of hydrogen-bond donors (Lipinski definition) is 1. The van der Waals surface area contributed by atoms with Crippen LogP contribution in [-0.4, -0.2) is 18.6 Å². The Balaban J connectivity index is 2.87. The van der Waals surface area contributed by atoms with E-state index in [0.717, 1.165) is 11.1 Å². The van der Waals surface area contributed by atoms with Gasteiger partial charge in [0.05, 0.1) is 12.3 Å². The summed E-state index contributed by atoms with van der Waals surface area (Å²) in [6.07, 6.45) is 0. The summed E-state index contributed by atoms with van der Waals surface area (Å²) in [7, 11) is 0. The second-order valence-electron chi connectivity index (χ2n) is 3.46. The Bertz CT molecular complexity index is 394. The van der Waals surface area contributed by atoms with Crippen molar-refractivity contribution < 1.29 is 13.9 Å². The van der Waals surface area contributed by atoms with Gasteiger partial charge in [-0.25, -0.2) is 15.0 Å². The number of esters is 1. The van der Waals surface area contributed by atoms with Gasteiger partial charge >= 0.3 is 5.97 Å². The van der Waals surface area contributed by atoms with Crippen LogP contribution in [0.1, 0.15) is 13.8 Å². The number of carbonyl (C=O) groups excluding carboxylic acids is 1. The van der Waals surface area contributed by atoms with Crippen molar-refractivity contribution in [3.63, 3.8) is 0 Å². The minimum atomic E-state index is -0.715. The third-order valence-electron chi connectivity index (χ3n) is 2.19. The van der Waals surface area contributed by atoms with E-state index in [0.29, 0.717) is 5.69 Å². The molecule has 0 heterocycles. The van der Waals surface area contributed by atoms with Gasteiger partial charge < -0.3 is 4.74 Å². The Kier molecular flexibility index (Phi) is 4.72. The van der Waals surface area contributed by atoms with Crippen molar-refractivity contribution in [3.8, 4) is 0 Å². The van der Waals surface area contributed by atoms with Gasteiger partial charge in [-0.15, -0.1) is 0 Å². The molecule has 17 heavy (non-hydrogen) atoms. The number of carbonyl (C=O) groups is 1. The first-order valence-electron chi connectivity index (χ1n) is 5.12. The highest BCUT2D eigenvalue weighted by molar-refractivity contribution is 6.30. The van der Waals surface area contributed by atoms with E-state index in [2.05, 4.69) is 0 Å². The SMILES string of the molecule is CCOC(=O)C(C)N(N)c1cc(F)cc(Cl)c1. The molecule has 0 fully saturated rings. The Morgan fingerprint density at radius 3 is 2.76 bits per heavy atom. The maximum atomic E-state index is 13.1. The van der Waals surface area contributed by atoms with Crippen LogP contribution >= 0.6 is 11.6 Å². The van der Waals surface area contributed by atoms with Crippen LogP contribution in [0.15, 0.2) is 18.2 Å². The van der Waals surface area contributed by atoms with Gasteiger partial charge in [-0.2, -0.15) is 0 Å². The molecule has 0 saturated carbocycles. The summed E-state index contributed by atoms with van der Waals surface area (Å²) in [4.78, 5) is 11.5. The van der Waals surface area contributed by atoms with Crippen LogP contribution in [0, 0.1) is 5.82 Å². The van der Waals surface area contributed by atoms with Crippen LogP contribution in [0.2, 0.25) is 5.02 Å². The van der Waals surface area contributed by atoms with Crippen LogP contribution in [0.4, 0.5) is 10.1 Å². The van der Waals surface area contributed by atoms with Gasteiger partial charge in [0.15, 0.2) is 0 Å².